The minimum atomic E-state index is -0.379. The van der Waals surface area contributed by atoms with Gasteiger partial charge in [0.1, 0.15) is 0 Å². The first-order chi connectivity index (χ1) is 9.41. The Morgan fingerprint density at radius 1 is 1.35 bits per heavy atom. The second-order valence-corrected chi connectivity index (χ2v) is 4.68. The van der Waals surface area contributed by atoms with Crippen LogP contribution in [0.15, 0.2) is 18.2 Å². The lowest BCUT2D eigenvalue weighted by Crippen LogP contribution is -2.38. The molecule has 2 N–H and O–H groups in total. The minimum absolute atomic E-state index is 0.130. The van der Waals surface area contributed by atoms with Crippen molar-refractivity contribution < 1.29 is 9.72 Å². The van der Waals surface area contributed by atoms with Crippen LogP contribution in [0.2, 0.25) is 0 Å². The highest BCUT2D eigenvalue weighted by Gasteiger charge is 2.10. The van der Waals surface area contributed by atoms with Gasteiger partial charge in [-0.3, -0.25) is 10.1 Å². The molecular formula is C13H20N4O3. The van der Waals surface area contributed by atoms with E-state index in [-0.39, 0.29) is 16.6 Å². The summed E-state index contributed by atoms with van der Waals surface area (Å²) in [5.41, 5.74) is 1.63. The van der Waals surface area contributed by atoms with Crippen LogP contribution in [0.1, 0.15) is 11.1 Å². The zero-order valence-corrected chi connectivity index (χ0v) is 12.0. The number of nitrogens with zero attached hydrogens (tertiary/aromatic N) is 2. The monoisotopic (exact) mass is 280 g/mol. The fraction of sp³-hybridized carbons (Fsp3) is 0.462. The van der Waals surface area contributed by atoms with Gasteiger partial charge in [-0.2, -0.15) is 0 Å². The van der Waals surface area contributed by atoms with Gasteiger partial charge in [0, 0.05) is 45.4 Å². The Morgan fingerprint density at radius 2 is 2.05 bits per heavy atom. The number of aryl methyl sites for hydroxylation is 1. The summed E-state index contributed by atoms with van der Waals surface area (Å²) in [7, 11) is 3.35. The van der Waals surface area contributed by atoms with Crippen LogP contribution in [0.4, 0.5) is 10.5 Å². The molecule has 20 heavy (non-hydrogen) atoms. The van der Waals surface area contributed by atoms with Crippen LogP contribution in [0.3, 0.4) is 0 Å². The molecule has 0 aliphatic carbocycles. The van der Waals surface area contributed by atoms with E-state index in [1.165, 1.54) is 4.90 Å². The van der Waals surface area contributed by atoms with E-state index in [4.69, 9.17) is 0 Å². The van der Waals surface area contributed by atoms with Crippen LogP contribution in [-0.2, 0) is 6.54 Å². The summed E-state index contributed by atoms with van der Waals surface area (Å²) in [5, 5.41) is 16.7. The average molecular weight is 280 g/mol. The summed E-state index contributed by atoms with van der Waals surface area (Å²) in [6, 6.07) is 5.02. The molecular weight excluding hydrogens is 260 g/mol. The predicted octanol–water partition coefficient (Wildman–Crippen LogP) is 1.26. The molecule has 1 aromatic rings. The van der Waals surface area contributed by atoms with Crippen molar-refractivity contribution in [2.75, 3.05) is 27.2 Å². The first-order valence-corrected chi connectivity index (χ1v) is 6.31. The van der Waals surface area contributed by atoms with Crippen LogP contribution < -0.4 is 10.6 Å². The third kappa shape index (κ3) is 4.85. The molecule has 1 aromatic carbocycles. The molecule has 1 rings (SSSR count). The van der Waals surface area contributed by atoms with Crippen molar-refractivity contribution >= 4 is 11.7 Å². The Bertz CT molecular complexity index is 489. The number of nitro benzene ring substituents is 1. The van der Waals surface area contributed by atoms with Crippen molar-refractivity contribution in [2.45, 2.75) is 13.5 Å². The topological polar surface area (TPSA) is 87.5 Å². The van der Waals surface area contributed by atoms with Gasteiger partial charge in [0.25, 0.3) is 5.69 Å². The maximum atomic E-state index is 11.2. The standard InChI is InChI=1S/C13H20N4O3/c1-10-4-5-11(8-12(10)17(19)20)9-14-6-7-15-13(18)16(2)3/h4-5,8,14H,6-7,9H2,1-3H3,(H,15,18). The Hall–Kier alpha value is -2.15. The SMILES string of the molecule is Cc1ccc(CNCCNC(=O)N(C)C)cc1[N+](=O)[O-]. The Kier molecular flexibility index (Phi) is 5.92. The molecule has 7 nitrogen and oxygen atoms in total. The fourth-order valence-electron chi connectivity index (χ4n) is 1.61. The fourth-order valence-corrected chi connectivity index (χ4v) is 1.61. The van der Waals surface area contributed by atoms with Crippen molar-refractivity contribution in [3.8, 4) is 0 Å². The molecule has 0 atom stereocenters. The van der Waals surface area contributed by atoms with Crippen molar-refractivity contribution in [1.82, 2.24) is 15.5 Å². The number of carbonyl (C=O) groups is 1. The molecule has 0 aromatic heterocycles. The molecule has 0 saturated heterocycles. The number of hydrogen-bond donors (Lipinski definition) is 2. The molecule has 2 amide bonds. The van der Waals surface area contributed by atoms with Crippen molar-refractivity contribution in [3.05, 3.63) is 39.4 Å². The maximum Gasteiger partial charge on any atom is 0.316 e. The second kappa shape index (κ2) is 7.44. The highest BCUT2D eigenvalue weighted by Crippen LogP contribution is 2.18. The van der Waals surface area contributed by atoms with Crippen LogP contribution in [0.25, 0.3) is 0 Å². The number of carbonyl (C=O) groups excluding carboxylic acids is 1. The third-order valence-corrected chi connectivity index (χ3v) is 2.78. The van der Waals surface area contributed by atoms with Gasteiger partial charge in [0.05, 0.1) is 4.92 Å². The van der Waals surface area contributed by atoms with Gasteiger partial charge in [0.15, 0.2) is 0 Å². The van der Waals surface area contributed by atoms with Crippen LogP contribution in [-0.4, -0.2) is 43.0 Å². The van der Waals surface area contributed by atoms with Crippen molar-refractivity contribution in [1.29, 1.82) is 0 Å². The lowest BCUT2D eigenvalue weighted by molar-refractivity contribution is -0.385. The number of urea groups is 1. The van der Waals surface area contributed by atoms with Gasteiger partial charge in [0.2, 0.25) is 0 Å². The van der Waals surface area contributed by atoms with Gasteiger partial charge >= 0.3 is 6.03 Å². The van der Waals surface area contributed by atoms with Crippen LogP contribution in [0, 0.1) is 17.0 Å². The first kappa shape index (κ1) is 15.9. The molecule has 0 saturated carbocycles. The zero-order chi connectivity index (χ0) is 15.1. The highest BCUT2D eigenvalue weighted by molar-refractivity contribution is 5.73. The summed E-state index contributed by atoms with van der Waals surface area (Å²) in [5.74, 6) is 0. The second-order valence-electron chi connectivity index (χ2n) is 4.68. The summed E-state index contributed by atoms with van der Waals surface area (Å²) in [4.78, 5) is 23.2. The third-order valence-electron chi connectivity index (χ3n) is 2.78. The van der Waals surface area contributed by atoms with E-state index >= 15 is 0 Å². The van der Waals surface area contributed by atoms with Crippen molar-refractivity contribution in [2.24, 2.45) is 0 Å². The van der Waals surface area contributed by atoms with E-state index in [1.54, 1.807) is 33.2 Å². The smallest absolute Gasteiger partial charge is 0.316 e. The van der Waals surface area contributed by atoms with Crippen LogP contribution >= 0.6 is 0 Å². The van der Waals surface area contributed by atoms with Crippen LogP contribution in [0.5, 0.6) is 0 Å². The minimum Gasteiger partial charge on any atom is -0.337 e. The first-order valence-electron chi connectivity index (χ1n) is 6.31. The van der Waals surface area contributed by atoms with Gasteiger partial charge in [-0.15, -0.1) is 0 Å². The van der Waals surface area contributed by atoms with E-state index in [0.717, 1.165) is 5.56 Å². The zero-order valence-electron chi connectivity index (χ0n) is 12.0. The van der Waals surface area contributed by atoms with E-state index in [2.05, 4.69) is 10.6 Å². The molecule has 0 unspecified atom stereocenters. The molecule has 0 spiro atoms. The number of benzene rings is 1. The van der Waals surface area contributed by atoms with E-state index < -0.39 is 0 Å². The molecule has 0 aliphatic heterocycles. The summed E-state index contributed by atoms with van der Waals surface area (Å²) < 4.78 is 0. The summed E-state index contributed by atoms with van der Waals surface area (Å²) in [6.07, 6.45) is 0. The molecule has 0 radical (unpaired) electrons. The molecule has 0 fully saturated rings. The quantitative estimate of drug-likeness (QED) is 0.466. The van der Waals surface area contributed by atoms with E-state index in [9.17, 15) is 14.9 Å². The number of nitro groups is 1. The Morgan fingerprint density at radius 3 is 2.65 bits per heavy atom. The average Bonchev–Trinajstić information content (AvgIpc) is 2.39. The van der Waals surface area contributed by atoms with Gasteiger partial charge in [-0.1, -0.05) is 12.1 Å². The Balaban J connectivity index is 2.38. The Labute approximate surface area is 118 Å². The van der Waals surface area contributed by atoms with E-state index in [0.29, 0.717) is 25.2 Å². The molecule has 7 heteroatoms. The number of hydrogen-bond acceptors (Lipinski definition) is 4. The number of rotatable bonds is 6. The summed E-state index contributed by atoms with van der Waals surface area (Å²) >= 11 is 0. The summed E-state index contributed by atoms with van der Waals surface area (Å²) in [6.45, 7) is 3.34. The van der Waals surface area contributed by atoms with E-state index in [1.807, 2.05) is 6.07 Å². The normalized spacial score (nSPS) is 10.2. The molecule has 0 heterocycles. The maximum absolute atomic E-state index is 11.2. The molecule has 0 aliphatic rings. The van der Waals surface area contributed by atoms with Crippen molar-refractivity contribution in [3.63, 3.8) is 0 Å². The van der Waals surface area contributed by atoms with Gasteiger partial charge in [-0.05, 0) is 12.5 Å². The predicted molar refractivity (Wildman–Crippen MR) is 76.6 cm³/mol. The number of amides is 2. The largest absolute Gasteiger partial charge is 0.337 e. The molecule has 110 valence electrons. The highest BCUT2D eigenvalue weighted by atomic mass is 16.6. The number of nitrogens with one attached hydrogen (secondary N) is 2. The van der Waals surface area contributed by atoms with Gasteiger partial charge < -0.3 is 15.5 Å². The molecule has 0 bridgehead atoms. The lowest BCUT2D eigenvalue weighted by Gasteiger charge is -2.12. The lowest BCUT2D eigenvalue weighted by atomic mass is 10.1. The van der Waals surface area contributed by atoms with Gasteiger partial charge in [-0.25, -0.2) is 4.79 Å².